The van der Waals surface area contributed by atoms with E-state index < -0.39 is 11.3 Å². The molecule has 0 nitrogen and oxygen atoms in total. The van der Waals surface area contributed by atoms with E-state index in [9.17, 15) is 8.78 Å². The summed E-state index contributed by atoms with van der Waals surface area (Å²) in [7, 11) is 0. The number of fused-ring (bicyclic) bond motifs is 1. The summed E-state index contributed by atoms with van der Waals surface area (Å²) in [6, 6.07) is 3.81. The van der Waals surface area contributed by atoms with Gasteiger partial charge in [-0.3, -0.25) is 0 Å². The molecule has 0 saturated heterocycles. The zero-order valence-corrected chi connectivity index (χ0v) is 12.0. The van der Waals surface area contributed by atoms with E-state index in [0.29, 0.717) is 24.8 Å². The second-order valence-electron chi connectivity index (χ2n) is 5.46. The van der Waals surface area contributed by atoms with Crippen LogP contribution in [0.4, 0.5) is 8.78 Å². The van der Waals surface area contributed by atoms with Crippen molar-refractivity contribution in [3.8, 4) is 0 Å². The molecule has 3 rings (SSSR count). The highest BCUT2D eigenvalue weighted by molar-refractivity contribution is 14.1. The Hall–Kier alpha value is -0.190. The Bertz CT molecular complexity index is 473. The van der Waals surface area contributed by atoms with Crippen molar-refractivity contribution in [2.24, 2.45) is 5.41 Å². The van der Waals surface area contributed by atoms with Gasteiger partial charge in [-0.25, -0.2) is 8.78 Å². The van der Waals surface area contributed by atoms with Crippen molar-refractivity contribution in [2.45, 2.75) is 45.0 Å². The van der Waals surface area contributed by atoms with Crippen LogP contribution in [-0.4, -0.2) is 0 Å². The Labute approximate surface area is 114 Å². The molecule has 0 amide bonds. The highest BCUT2D eigenvalue weighted by Gasteiger charge is 2.61. The van der Waals surface area contributed by atoms with Crippen LogP contribution in [-0.2, 0) is 12.3 Å². The molecule has 0 radical (unpaired) electrons. The van der Waals surface area contributed by atoms with Crippen LogP contribution < -0.4 is 0 Å². The average molecular weight is 348 g/mol. The molecule has 2 aliphatic carbocycles. The van der Waals surface area contributed by atoms with Crippen molar-refractivity contribution in [1.82, 2.24) is 0 Å². The van der Waals surface area contributed by atoms with Crippen molar-refractivity contribution in [3.63, 3.8) is 0 Å². The molecule has 3 heteroatoms. The molecule has 0 heterocycles. The first-order valence-electron chi connectivity index (χ1n) is 6.14. The summed E-state index contributed by atoms with van der Waals surface area (Å²) in [5, 5.41) is 0. The Kier molecular flexibility index (Phi) is 2.55. The van der Waals surface area contributed by atoms with Gasteiger partial charge in [0, 0.05) is 14.5 Å². The fourth-order valence-electron chi connectivity index (χ4n) is 3.61. The third kappa shape index (κ3) is 1.44. The van der Waals surface area contributed by atoms with Crippen molar-refractivity contribution in [3.05, 3.63) is 32.4 Å². The molecule has 1 aromatic carbocycles. The maximum atomic E-state index is 14.7. The molecule has 2 aliphatic rings. The summed E-state index contributed by atoms with van der Waals surface area (Å²) < 4.78 is 30.5. The van der Waals surface area contributed by atoms with Crippen LogP contribution in [0.25, 0.3) is 0 Å². The first kappa shape index (κ1) is 11.9. The van der Waals surface area contributed by atoms with Gasteiger partial charge in [-0.15, -0.1) is 0 Å². The van der Waals surface area contributed by atoms with Crippen molar-refractivity contribution in [2.75, 3.05) is 0 Å². The molecular weight excluding hydrogens is 333 g/mol. The lowest BCUT2D eigenvalue weighted by molar-refractivity contribution is -0.114. The molecule has 17 heavy (non-hydrogen) atoms. The van der Waals surface area contributed by atoms with Gasteiger partial charge < -0.3 is 0 Å². The summed E-state index contributed by atoms with van der Waals surface area (Å²) in [4.78, 5) is 0. The van der Waals surface area contributed by atoms with Gasteiger partial charge in [0.15, 0.2) is 0 Å². The minimum Gasteiger partial charge on any atom is -0.201 e. The summed E-state index contributed by atoms with van der Waals surface area (Å²) in [5.41, 5.74) is 1.25. The molecule has 0 bridgehead atoms. The number of halogens is 3. The van der Waals surface area contributed by atoms with E-state index in [-0.39, 0.29) is 0 Å². The average Bonchev–Trinajstić information content (AvgIpc) is 2.81. The van der Waals surface area contributed by atoms with Gasteiger partial charge in [0.1, 0.15) is 0 Å². The Balaban J connectivity index is 2.22. The SMILES string of the molecule is Cc1ccc(I)c2c1C(F)(F)C1(CCCC1)C2. The van der Waals surface area contributed by atoms with Gasteiger partial charge in [0.2, 0.25) is 0 Å². The third-order valence-electron chi connectivity index (χ3n) is 4.52. The monoisotopic (exact) mass is 348 g/mol. The highest BCUT2D eigenvalue weighted by Crippen LogP contribution is 2.62. The molecule has 1 saturated carbocycles. The maximum Gasteiger partial charge on any atom is 0.279 e. The molecule has 0 unspecified atom stereocenters. The van der Waals surface area contributed by atoms with Gasteiger partial charge in [0.05, 0.1) is 0 Å². The number of rotatable bonds is 0. The van der Waals surface area contributed by atoms with Crippen molar-refractivity contribution >= 4 is 22.6 Å². The van der Waals surface area contributed by atoms with Gasteiger partial charge in [-0.1, -0.05) is 18.9 Å². The van der Waals surface area contributed by atoms with Crippen LogP contribution in [0, 0.1) is 15.9 Å². The largest absolute Gasteiger partial charge is 0.279 e. The van der Waals surface area contributed by atoms with Gasteiger partial charge in [-0.05, 0) is 66.0 Å². The summed E-state index contributed by atoms with van der Waals surface area (Å²) in [6.07, 6.45) is 3.86. The highest BCUT2D eigenvalue weighted by atomic mass is 127. The Morgan fingerprint density at radius 1 is 1.18 bits per heavy atom. The van der Waals surface area contributed by atoms with Crippen LogP contribution in [0.15, 0.2) is 12.1 Å². The predicted molar refractivity (Wildman–Crippen MR) is 72.4 cm³/mol. The number of hydrogen-bond donors (Lipinski definition) is 0. The molecule has 92 valence electrons. The van der Waals surface area contributed by atoms with E-state index in [1.165, 1.54) is 0 Å². The second-order valence-corrected chi connectivity index (χ2v) is 6.62. The first-order chi connectivity index (χ1) is 7.98. The fourth-order valence-corrected chi connectivity index (χ4v) is 4.25. The van der Waals surface area contributed by atoms with Crippen LogP contribution in [0.1, 0.15) is 42.4 Å². The maximum absolute atomic E-state index is 14.7. The quantitative estimate of drug-likeness (QED) is 0.591. The van der Waals surface area contributed by atoms with E-state index in [2.05, 4.69) is 22.6 Å². The van der Waals surface area contributed by atoms with Crippen molar-refractivity contribution in [1.29, 1.82) is 0 Å². The van der Waals surface area contributed by atoms with Crippen LogP contribution >= 0.6 is 22.6 Å². The molecule has 0 aromatic heterocycles. The van der Waals surface area contributed by atoms with E-state index in [0.717, 1.165) is 27.5 Å². The van der Waals surface area contributed by atoms with Crippen LogP contribution in [0.5, 0.6) is 0 Å². The second kappa shape index (κ2) is 3.65. The van der Waals surface area contributed by atoms with Crippen LogP contribution in [0.2, 0.25) is 0 Å². The topological polar surface area (TPSA) is 0 Å². The summed E-state index contributed by atoms with van der Waals surface area (Å²) >= 11 is 2.20. The molecule has 0 aliphatic heterocycles. The zero-order chi connectivity index (χ0) is 12.3. The molecule has 1 fully saturated rings. The number of alkyl halides is 2. The standard InChI is InChI=1S/C14H15F2I/c1-9-4-5-11(17)10-8-13(6-2-3-7-13)14(15,16)12(9)10/h4-5H,2-3,6-8H2,1H3. The van der Waals surface area contributed by atoms with Gasteiger partial charge in [0.25, 0.3) is 5.92 Å². The van der Waals surface area contributed by atoms with Gasteiger partial charge in [-0.2, -0.15) is 0 Å². The fraction of sp³-hybridized carbons (Fsp3) is 0.571. The van der Waals surface area contributed by atoms with Gasteiger partial charge >= 0.3 is 0 Å². The smallest absolute Gasteiger partial charge is 0.201 e. The Morgan fingerprint density at radius 3 is 2.41 bits per heavy atom. The Morgan fingerprint density at radius 2 is 1.82 bits per heavy atom. The molecule has 1 spiro atoms. The molecule has 1 aromatic rings. The third-order valence-corrected chi connectivity index (χ3v) is 5.53. The van der Waals surface area contributed by atoms with E-state index >= 15 is 0 Å². The number of hydrogen-bond acceptors (Lipinski definition) is 0. The molecule has 0 N–H and O–H groups in total. The lowest BCUT2D eigenvalue weighted by Crippen LogP contribution is -2.33. The molecule has 0 atom stereocenters. The van der Waals surface area contributed by atoms with Crippen LogP contribution in [0.3, 0.4) is 0 Å². The summed E-state index contributed by atoms with van der Waals surface area (Å²) in [6.45, 7) is 1.82. The normalized spacial score (nSPS) is 24.2. The van der Waals surface area contributed by atoms with Crippen molar-refractivity contribution < 1.29 is 8.78 Å². The van der Waals surface area contributed by atoms with E-state index in [4.69, 9.17) is 0 Å². The van der Waals surface area contributed by atoms with E-state index in [1.807, 2.05) is 19.1 Å². The lowest BCUT2D eigenvalue weighted by atomic mass is 9.80. The lowest BCUT2D eigenvalue weighted by Gasteiger charge is -2.31. The zero-order valence-electron chi connectivity index (χ0n) is 9.82. The molecular formula is C14H15F2I. The minimum atomic E-state index is -2.62. The first-order valence-corrected chi connectivity index (χ1v) is 7.22. The van der Waals surface area contributed by atoms with E-state index in [1.54, 1.807) is 0 Å². The predicted octanol–water partition coefficient (Wildman–Crippen LogP) is 4.81. The number of benzene rings is 1. The summed E-state index contributed by atoms with van der Waals surface area (Å²) in [5.74, 6) is -2.62. The minimum absolute atomic E-state index is 0.339. The number of aryl methyl sites for hydroxylation is 1.